The van der Waals surface area contributed by atoms with E-state index in [1.165, 1.54) is 31.8 Å². The zero-order chi connectivity index (χ0) is 19.4. The minimum Gasteiger partial charge on any atom is -0.487 e. The Bertz CT molecular complexity index is 780. The van der Waals surface area contributed by atoms with Gasteiger partial charge in [-0.15, -0.1) is 0 Å². The molecule has 0 bridgehead atoms. The molecule has 2 saturated carbocycles. The molecule has 0 amide bonds. The second-order valence-corrected chi connectivity index (χ2v) is 10.0. The highest BCUT2D eigenvalue weighted by molar-refractivity contribution is 5.83. The van der Waals surface area contributed by atoms with Crippen LogP contribution in [0.3, 0.4) is 0 Å². The zero-order valence-corrected chi connectivity index (χ0v) is 17.1. The van der Waals surface area contributed by atoms with Gasteiger partial charge in [0.1, 0.15) is 17.1 Å². The van der Waals surface area contributed by atoms with Crippen LogP contribution in [0.5, 0.6) is 11.5 Å². The summed E-state index contributed by atoms with van der Waals surface area (Å²) in [4.78, 5) is 11.6. The summed E-state index contributed by atoms with van der Waals surface area (Å²) in [6.07, 6.45) is 8.48. The standard InChI is InChI=1S/C24H32O3/c1-6-21(25)26-17-8-9-18-16(14-17)15-20-23(4)12-7-11-22(2,3)19(23)10-13-24(20,5)27-18/h6,8-9,14,19-20H,1,7,10-13,15H2,2-5H3/t19-,20+,23-,24+/m0/s1. The van der Waals surface area contributed by atoms with Crippen LogP contribution in [0.25, 0.3) is 0 Å². The fourth-order valence-electron chi connectivity index (χ4n) is 6.68. The van der Waals surface area contributed by atoms with Gasteiger partial charge in [-0.2, -0.15) is 0 Å². The third-order valence-corrected chi connectivity index (χ3v) is 7.92. The van der Waals surface area contributed by atoms with Crippen molar-refractivity contribution in [2.45, 2.75) is 71.8 Å². The summed E-state index contributed by atoms with van der Waals surface area (Å²) in [6, 6.07) is 5.76. The summed E-state index contributed by atoms with van der Waals surface area (Å²) >= 11 is 0. The molecule has 1 aromatic carbocycles. The number of ether oxygens (including phenoxy) is 2. The van der Waals surface area contributed by atoms with Crippen LogP contribution in [0, 0.1) is 22.7 Å². The maximum absolute atomic E-state index is 11.6. The number of hydrogen-bond donors (Lipinski definition) is 0. The van der Waals surface area contributed by atoms with Crippen LogP contribution in [-0.2, 0) is 11.2 Å². The lowest BCUT2D eigenvalue weighted by atomic mass is 9.44. The molecule has 2 fully saturated rings. The Morgan fingerprint density at radius 2 is 1.96 bits per heavy atom. The molecule has 1 aliphatic heterocycles. The quantitative estimate of drug-likeness (QED) is 0.381. The van der Waals surface area contributed by atoms with Crippen molar-refractivity contribution in [2.75, 3.05) is 0 Å². The number of esters is 1. The van der Waals surface area contributed by atoms with Gasteiger partial charge in [-0.3, -0.25) is 0 Å². The predicted octanol–water partition coefficient (Wildman–Crippen LogP) is 5.71. The highest BCUT2D eigenvalue weighted by atomic mass is 16.5. The zero-order valence-electron chi connectivity index (χ0n) is 17.1. The first-order chi connectivity index (χ1) is 12.7. The van der Waals surface area contributed by atoms with E-state index in [4.69, 9.17) is 9.47 Å². The Hall–Kier alpha value is -1.77. The average molecular weight is 369 g/mol. The van der Waals surface area contributed by atoms with Crippen LogP contribution in [0.2, 0.25) is 0 Å². The van der Waals surface area contributed by atoms with Gasteiger partial charge in [0.2, 0.25) is 0 Å². The normalized spacial score (nSPS) is 36.4. The second kappa shape index (κ2) is 6.12. The average Bonchev–Trinajstić information content (AvgIpc) is 2.59. The molecule has 3 heteroatoms. The molecule has 4 rings (SSSR count). The molecule has 0 spiro atoms. The Morgan fingerprint density at radius 3 is 2.70 bits per heavy atom. The summed E-state index contributed by atoms with van der Waals surface area (Å²) < 4.78 is 12.0. The lowest BCUT2D eigenvalue weighted by molar-refractivity contribution is -0.162. The fourth-order valence-corrected chi connectivity index (χ4v) is 6.68. The van der Waals surface area contributed by atoms with E-state index >= 15 is 0 Å². The van der Waals surface area contributed by atoms with Crippen molar-refractivity contribution in [2.24, 2.45) is 22.7 Å². The first-order valence-electron chi connectivity index (χ1n) is 10.3. The van der Waals surface area contributed by atoms with Crippen LogP contribution in [0.1, 0.15) is 65.4 Å². The van der Waals surface area contributed by atoms with E-state index in [0.29, 0.717) is 22.5 Å². The Balaban J connectivity index is 1.69. The van der Waals surface area contributed by atoms with Crippen molar-refractivity contribution in [3.8, 4) is 11.5 Å². The van der Waals surface area contributed by atoms with Gasteiger partial charge in [0, 0.05) is 12.0 Å². The molecule has 4 atom stereocenters. The molecular weight excluding hydrogens is 336 g/mol. The summed E-state index contributed by atoms with van der Waals surface area (Å²) in [5, 5.41) is 0. The maximum atomic E-state index is 11.6. The van der Waals surface area contributed by atoms with Gasteiger partial charge in [-0.1, -0.05) is 33.8 Å². The van der Waals surface area contributed by atoms with Gasteiger partial charge >= 0.3 is 5.97 Å². The van der Waals surface area contributed by atoms with Gasteiger partial charge in [-0.25, -0.2) is 4.79 Å². The van der Waals surface area contributed by atoms with Gasteiger partial charge in [0.05, 0.1) is 0 Å². The summed E-state index contributed by atoms with van der Waals surface area (Å²) in [7, 11) is 0. The van der Waals surface area contributed by atoms with E-state index in [1.54, 1.807) is 0 Å². The lowest BCUT2D eigenvalue weighted by Gasteiger charge is -2.63. The third kappa shape index (κ3) is 2.90. The smallest absolute Gasteiger partial charge is 0.335 e. The van der Waals surface area contributed by atoms with Crippen molar-refractivity contribution in [1.82, 2.24) is 0 Å². The van der Waals surface area contributed by atoms with E-state index < -0.39 is 5.97 Å². The fraction of sp³-hybridized carbons (Fsp3) is 0.625. The van der Waals surface area contributed by atoms with Gasteiger partial charge in [0.15, 0.2) is 0 Å². The van der Waals surface area contributed by atoms with E-state index in [2.05, 4.69) is 34.3 Å². The molecule has 146 valence electrons. The molecule has 2 aliphatic carbocycles. The van der Waals surface area contributed by atoms with E-state index in [-0.39, 0.29) is 5.60 Å². The number of carbonyl (C=O) groups excluding carboxylic acids is 1. The summed E-state index contributed by atoms with van der Waals surface area (Å²) in [6.45, 7) is 13.2. The third-order valence-electron chi connectivity index (χ3n) is 7.92. The van der Waals surface area contributed by atoms with Crippen molar-refractivity contribution in [1.29, 1.82) is 0 Å². The summed E-state index contributed by atoms with van der Waals surface area (Å²) in [5.74, 6) is 2.33. The summed E-state index contributed by atoms with van der Waals surface area (Å²) in [5.41, 5.74) is 1.75. The molecule has 0 N–H and O–H groups in total. The monoisotopic (exact) mass is 368 g/mol. The van der Waals surface area contributed by atoms with Crippen LogP contribution in [-0.4, -0.2) is 11.6 Å². The number of benzene rings is 1. The lowest BCUT2D eigenvalue weighted by Crippen LogP contribution is -2.61. The molecule has 3 nitrogen and oxygen atoms in total. The first kappa shape index (κ1) is 18.6. The SMILES string of the molecule is C=CC(=O)Oc1ccc2c(c1)C[C@@H]1[C@@]3(C)CCCC(C)(C)[C@@H]3CC[C@@]1(C)O2. The Labute approximate surface area is 163 Å². The Morgan fingerprint density at radius 1 is 1.19 bits per heavy atom. The highest BCUT2D eigenvalue weighted by Crippen LogP contribution is 2.64. The molecule has 1 aromatic rings. The predicted molar refractivity (Wildman–Crippen MR) is 107 cm³/mol. The minimum absolute atomic E-state index is 0.106. The van der Waals surface area contributed by atoms with Crippen LogP contribution in [0.15, 0.2) is 30.9 Å². The number of hydrogen-bond acceptors (Lipinski definition) is 3. The van der Waals surface area contributed by atoms with E-state index in [0.717, 1.165) is 30.1 Å². The number of fused-ring (bicyclic) bond motifs is 4. The molecule has 27 heavy (non-hydrogen) atoms. The number of carbonyl (C=O) groups is 1. The van der Waals surface area contributed by atoms with Crippen molar-refractivity contribution >= 4 is 5.97 Å². The molecule has 0 aromatic heterocycles. The topological polar surface area (TPSA) is 35.5 Å². The largest absolute Gasteiger partial charge is 0.487 e. The van der Waals surface area contributed by atoms with Gasteiger partial charge in [-0.05, 0) is 79.5 Å². The van der Waals surface area contributed by atoms with E-state index in [1.807, 2.05) is 18.2 Å². The van der Waals surface area contributed by atoms with Crippen molar-refractivity contribution < 1.29 is 14.3 Å². The molecule has 0 saturated heterocycles. The molecular formula is C24H32O3. The maximum Gasteiger partial charge on any atom is 0.335 e. The highest BCUT2D eigenvalue weighted by Gasteiger charge is 2.60. The van der Waals surface area contributed by atoms with Gasteiger partial charge < -0.3 is 9.47 Å². The Kier molecular flexibility index (Phi) is 4.21. The van der Waals surface area contributed by atoms with Crippen LogP contribution < -0.4 is 9.47 Å². The molecule has 1 heterocycles. The van der Waals surface area contributed by atoms with Crippen LogP contribution in [0.4, 0.5) is 0 Å². The minimum atomic E-state index is -0.421. The van der Waals surface area contributed by atoms with E-state index in [9.17, 15) is 4.79 Å². The molecule has 3 aliphatic rings. The number of rotatable bonds is 2. The van der Waals surface area contributed by atoms with Crippen LogP contribution >= 0.6 is 0 Å². The van der Waals surface area contributed by atoms with Gasteiger partial charge in [0.25, 0.3) is 0 Å². The van der Waals surface area contributed by atoms with Crippen molar-refractivity contribution in [3.05, 3.63) is 36.4 Å². The first-order valence-corrected chi connectivity index (χ1v) is 10.3. The molecule has 0 unspecified atom stereocenters. The molecule has 0 radical (unpaired) electrons. The van der Waals surface area contributed by atoms with Crippen molar-refractivity contribution in [3.63, 3.8) is 0 Å². The second-order valence-electron chi connectivity index (χ2n) is 10.0.